The summed E-state index contributed by atoms with van der Waals surface area (Å²) >= 11 is 0. The number of ether oxygens (including phenoxy) is 1. The van der Waals surface area contributed by atoms with Crippen LogP contribution in [-0.2, 0) is 0 Å². The number of hydrogen-bond donors (Lipinski definition) is 2. The van der Waals surface area contributed by atoms with Gasteiger partial charge < -0.3 is 15.6 Å². The van der Waals surface area contributed by atoms with E-state index in [0.29, 0.717) is 5.75 Å². The van der Waals surface area contributed by atoms with Crippen molar-refractivity contribution in [3.05, 3.63) is 36.8 Å². The molecule has 0 aliphatic carbocycles. The molecular weight excluding hydrogens is 166 g/mol. The third kappa shape index (κ3) is 3.44. The molecule has 1 unspecified atom stereocenters. The number of benzene rings is 1. The molecule has 1 aromatic rings. The van der Waals surface area contributed by atoms with Crippen molar-refractivity contribution in [2.24, 2.45) is 5.73 Å². The van der Waals surface area contributed by atoms with Gasteiger partial charge in [0.15, 0.2) is 0 Å². The first-order valence-electron chi connectivity index (χ1n) is 4.15. The molecule has 0 saturated heterocycles. The third-order valence-corrected chi connectivity index (χ3v) is 1.61. The summed E-state index contributed by atoms with van der Waals surface area (Å²) < 4.78 is 5.27. The van der Waals surface area contributed by atoms with Crippen molar-refractivity contribution in [3.8, 4) is 5.75 Å². The number of aliphatic hydroxyl groups is 1. The Bertz CT molecular complexity index is 263. The zero-order valence-corrected chi connectivity index (χ0v) is 7.44. The standard InChI is InChI=1S/C10H14NO2/c1-8-3-2-4-10(5-8)13-7-9(12)6-11/h2-5,9,12H,1,6-7,11H2. The summed E-state index contributed by atoms with van der Waals surface area (Å²) in [5.41, 5.74) is 6.11. The molecule has 0 amide bonds. The summed E-state index contributed by atoms with van der Waals surface area (Å²) in [7, 11) is 0. The largest absolute Gasteiger partial charge is 0.491 e. The summed E-state index contributed by atoms with van der Waals surface area (Å²) in [6.07, 6.45) is -0.603. The van der Waals surface area contributed by atoms with Gasteiger partial charge in [0.05, 0.1) is 0 Å². The van der Waals surface area contributed by atoms with Gasteiger partial charge in [0.1, 0.15) is 18.5 Å². The maximum absolute atomic E-state index is 9.12. The average Bonchev–Trinajstić information content (AvgIpc) is 2.14. The van der Waals surface area contributed by atoms with Crippen molar-refractivity contribution in [2.75, 3.05) is 13.2 Å². The van der Waals surface area contributed by atoms with Crippen molar-refractivity contribution in [1.82, 2.24) is 0 Å². The summed E-state index contributed by atoms with van der Waals surface area (Å²) in [6, 6.07) is 7.36. The normalized spacial score (nSPS) is 12.5. The molecule has 71 valence electrons. The van der Waals surface area contributed by atoms with Crippen LogP contribution in [0, 0.1) is 6.92 Å². The summed E-state index contributed by atoms with van der Waals surface area (Å²) in [6.45, 7) is 4.20. The Morgan fingerprint density at radius 1 is 1.54 bits per heavy atom. The zero-order valence-electron chi connectivity index (χ0n) is 7.44. The van der Waals surface area contributed by atoms with Gasteiger partial charge in [-0.25, -0.2) is 0 Å². The molecule has 1 radical (unpaired) electrons. The fourth-order valence-electron chi connectivity index (χ4n) is 0.896. The van der Waals surface area contributed by atoms with Crippen molar-refractivity contribution in [2.45, 2.75) is 6.10 Å². The lowest BCUT2D eigenvalue weighted by Gasteiger charge is -2.10. The topological polar surface area (TPSA) is 55.5 Å². The number of hydrogen-bond acceptors (Lipinski definition) is 3. The van der Waals surface area contributed by atoms with Gasteiger partial charge in [-0.15, -0.1) is 0 Å². The highest BCUT2D eigenvalue weighted by atomic mass is 16.5. The molecule has 0 spiro atoms. The lowest BCUT2D eigenvalue weighted by Crippen LogP contribution is -2.26. The second kappa shape index (κ2) is 4.84. The summed E-state index contributed by atoms with van der Waals surface area (Å²) in [5, 5.41) is 9.12. The molecule has 3 nitrogen and oxygen atoms in total. The van der Waals surface area contributed by atoms with Crippen LogP contribution in [0.25, 0.3) is 0 Å². The van der Waals surface area contributed by atoms with E-state index < -0.39 is 6.10 Å². The molecule has 0 aromatic heterocycles. The molecule has 3 N–H and O–H groups in total. The molecule has 0 heterocycles. The van der Waals surface area contributed by atoms with Crippen LogP contribution in [0.15, 0.2) is 24.3 Å². The smallest absolute Gasteiger partial charge is 0.119 e. The Balaban J connectivity index is 2.45. The van der Waals surface area contributed by atoms with Crippen LogP contribution in [0.2, 0.25) is 0 Å². The van der Waals surface area contributed by atoms with Crippen LogP contribution in [0.3, 0.4) is 0 Å². The summed E-state index contributed by atoms with van der Waals surface area (Å²) in [5.74, 6) is 0.708. The van der Waals surface area contributed by atoms with Crippen LogP contribution >= 0.6 is 0 Å². The van der Waals surface area contributed by atoms with E-state index in [1.165, 1.54) is 0 Å². The van der Waals surface area contributed by atoms with Gasteiger partial charge in [-0.2, -0.15) is 0 Å². The molecular formula is C10H14NO2. The maximum atomic E-state index is 9.12. The molecule has 0 saturated carbocycles. The maximum Gasteiger partial charge on any atom is 0.119 e. The molecule has 1 atom stereocenters. The first-order valence-corrected chi connectivity index (χ1v) is 4.15. The summed E-state index contributed by atoms with van der Waals surface area (Å²) in [4.78, 5) is 0. The van der Waals surface area contributed by atoms with Gasteiger partial charge >= 0.3 is 0 Å². The highest BCUT2D eigenvalue weighted by Crippen LogP contribution is 2.12. The van der Waals surface area contributed by atoms with Crippen molar-refractivity contribution in [3.63, 3.8) is 0 Å². The second-order valence-electron chi connectivity index (χ2n) is 2.85. The molecule has 0 fully saturated rings. The van der Waals surface area contributed by atoms with Crippen LogP contribution in [0.1, 0.15) is 5.56 Å². The first-order chi connectivity index (χ1) is 6.22. The van der Waals surface area contributed by atoms with Crippen molar-refractivity contribution >= 4 is 0 Å². The van der Waals surface area contributed by atoms with Gasteiger partial charge in [-0.3, -0.25) is 0 Å². The van der Waals surface area contributed by atoms with Gasteiger partial charge in [0.25, 0.3) is 0 Å². The van der Waals surface area contributed by atoms with Crippen molar-refractivity contribution < 1.29 is 9.84 Å². The zero-order chi connectivity index (χ0) is 9.68. The monoisotopic (exact) mass is 180 g/mol. The van der Waals surface area contributed by atoms with E-state index in [1.54, 1.807) is 0 Å². The van der Waals surface area contributed by atoms with Gasteiger partial charge in [0, 0.05) is 6.54 Å². The molecule has 0 aliphatic heterocycles. The minimum atomic E-state index is -0.603. The minimum absolute atomic E-state index is 0.212. The minimum Gasteiger partial charge on any atom is -0.491 e. The van der Waals surface area contributed by atoms with E-state index in [-0.39, 0.29) is 13.2 Å². The van der Waals surface area contributed by atoms with Crippen molar-refractivity contribution in [1.29, 1.82) is 0 Å². The predicted molar refractivity (Wildman–Crippen MR) is 51.5 cm³/mol. The van der Waals surface area contributed by atoms with E-state index in [2.05, 4.69) is 6.92 Å². The Labute approximate surface area is 78.1 Å². The Morgan fingerprint density at radius 3 is 2.92 bits per heavy atom. The molecule has 0 aliphatic rings. The van der Waals surface area contributed by atoms with E-state index >= 15 is 0 Å². The number of rotatable bonds is 4. The van der Waals surface area contributed by atoms with E-state index in [0.717, 1.165) is 5.56 Å². The Hall–Kier alpha value is -1.06. The molecule has 0 bridgehead atoms. The predicted octanol–water partition coefficient (Wildman–Crippen LogP) is 0.567. The molecule has 1 rings (SSSR count). The first kappa shape index (κ1) is 10.0. The number of aliphatic hydroxyl groups excluding tert-OH is 1. The Morgan fingerprint density at radius 2 is 2.31 bits per heavy atom. The highest BCUT2D eigenvalue weighted by Gasteiger charge is 2.01. The van der Waals surface area contributed by atoms with Gasteiger partial charge in [-0.05, 0) is 24.6 Å². The van der Waals surface area contributed by atoms with E-state index in [4.69, 9.17) is 15.6 Å². The quantitative estimate of drug-likeness (QED) is 0.712. The molecule has 13 heavy (non-hydrogen) atoms. The van der Waals surface area contributed by atoms with E-state index in [9.17, 15) is 0 Å². The SMILES string of the molecule is [CH2]c1cccc(OCC(O)CN)c1. The van der Waals surface area contributed by atoms with Crippen LogP contribution in [0.4, 0.5) is 0 Å². The van der Waals surface area contributed by atoms with Gasteiger partial charge in [-0.1, -0.05) is 12.1 Å². The van der Waals surface area contributed by atoms with Crippen LogP contribution in [-0.4, -0.2) is 24.4 Å². The van der Waals surface area contributed by atoms with Gasteiger partial charge in [0.2, 0.25) is 0 Å². The third-order valence-electron chi connectivity index (χ3n) is 1.61. The fraction of sp³-hybridized carbons (Fsp3) is 0.300. The molecule has 3 heteroatoms. The van der Waals surface area contributed by atoms with Crippen LogP contribution < -0.4 is 10.5 Å². The van der Waals surface area contributed by atoms with E-state index in [1.807, 2.05) is 24.3 Å². The fourth-order valence-corrected chi connectivity index (χ4v) is 0.896. The average molecular weight is 180 g/mol. The van der Waals surface area contributed by atoms with Crippen LogP contribution in [0.5, 0.6) is 5.75 Å². The number of nitrogens with two attached hydrogens (primary N) is 1. The lowest BCUT2D eigenvalue weighted by atomic mass is 10.2. The Kier molecular flexibility index (Phi) is 3.73. The highest BCUT2D eigenvalue weighted by molar-refractivity contribution is 5.29. The second-order valence-corrected chi connectivity index (χ2v) is 2.85. The molecule has 1 aromatic carbocycles. The lowest BCUT2D eigenvalue weighted by molar-refractivity contribution is 0.114.